The number of amides is 2. The quantitative estimate of drug-likeness (QED) is 0.609. The van der Waals surface area contributed by atoms with Crippen LogP contribution in [0, 0.1) is 0 Å². The van der Waals surface area contributed by atoms with E-state index in [0.29, 0.717) is 46.3 Å². The van der Waals surface area contributed by atoms with Gasteiger partial charge in [-0.3, -0.25) is 14.5 Å². The number of nitrogens with one attached hydrogen (secondary N) is 1. The molecule has 7 nitrogen and oxygen atoms in total. The van der Waals surface area contributed by atoms with E-state index in [9.17, 15) is 14.7 Å². The van der Waals surface area contributed by atoms with Crippen LogP contribution < -0.4 is 5.32 Å². The zero-order valence-electron chi connectivity index (χ0n) is 20.3. The molecule has 2 heterocycles. The highest BCUT2D eigenvalue weighted by Gasteiger charge is 2.40. The summed E-state index contributed by atoms with van der Waals surface area (Å²) in [5, 5.41) is 15.4. The van der Waals surface area contributed by atoms with E-state index < -0.39 is 5.60 Å². The Kier molecular flexibility index (Phi) is 7.62. The van der Waals surface area contributed by atoms with Crippen LogP contribution in [-0.4, -0.2) is 84.0 Å². The molecule has 2 aliphatic rings. The third kappa shape index (κ3) is 5.59. The molecular weight excluding hydrogens is 487 g/mol. The second kappa shape index (κ2) is 10.3. The van der Waals surface area contributed by atoms with Gasteiger partial charge in [-0.15, -0.1) is 0 Å². The number of piperidine rings is 1. The largest absolute Gasteiger partial charge is 0.380 e. The predicted octanol–water partition coefficient (Wildman–Crippen LogP) is 3.69. The molecular formula is C26H32Cl2N4O3. The van der Waals surface area contributed by atoms with Gasteiger partial charge in [0.15, 0.2) is 5.60 Å². The van der Waals surface area contributed by atoms with Crippen molar-refractivity contribution in [3.8, 4) is 0 Å². The minimum Gasteiger partial charge on any atom is -0.380 e. The molecule has 0 aliphatic carbocycles. The molecule has 0 unspecified atom stereocenters. The molecule has 2 amide bonds. The lowest BCUT2D eigenvalue weighted by atomic mass is 9.92. The van der Waals surface area contributed by atoms with Gasteiger partial charge in [0.1, 0.15) is 0 Å². The van der Waals surface area contributed by atoms with Crippen molar-refractivity contribution in [2.45, 2.75) is 37.5 Å². The number of aliphatic hydroxyl groups is 1. The SMILES string of the molecule is CN(C)C(=O)c1ccc(NC2CN(C3CCN(C(=O)[C@@](C)(O)c4cccc(Cl)c4)CC3)C2)cc1Cl. The molecule has 2 aromatic carbocycles. The van der Waals surface area contributed by atoms with Gasteiger partial charge in [-0.25, -0.2) is 0 Å². The molecule has 0 aromatic heterocycles. The number of hydrogen-bond acceptors (Lipinski definition) is 5. The molecule has 2 aromatic rings. The van der Waals surface area contributed by atoms with Crippen LogP contribution in [0.15, 0.2) is 42.5 Å². The smallest absolute Gasteiger partial charge is 0.258 e. The molecule has 2 N–H and O–H groups in total. The topological polar surface area (TPSA) is 76.1 Å². The Morgan fingerprint density at radius 3 is 2.37 bits per heavy atom. The summed E-state index contributed by atoms with van der Waals surface area (Å²) in [6.45, 7) is 4.59. The molecule has 2 aliphatic heterocycles. The standard InChI is InChI=1S/C26H32Cl2N4O3/c1-26(35,17-5-4-6-18(27)13-17)25(34)31-11-9-21(10-12-31)32-15-20(16-32)29-19-7-8-22(23(28)14-19)24(33)30(2)3/h4-8,13-14,20-21,29,35H,9-12,15-16H2,1-3H3/t26-/m0/s1. The van der Waals surface area contributed by atoms with Crippen molar-refractivity contribution in [2.75, 3.05) is 45.6 Å². The van der Waals surface area contributed by atoms with Gasteiger partial charge in [0, 0.05) is 57.0 Å². The van der Waals surface area contributed by atoms with Gasteiger partial charge in [-0.2, -0.15) is 0 Å². The van der Waals surface area contributed by atoms with Gasteiger partial charge < -0.3 is 20.2 Å². The van der Waals surface area contributed by atoms with Crippen LogP contribution in [0.5, 0.6) is 0 Å². The second-order valence-corrected chi connectivity index (χ2v) is 10.6. The number of rotatable bonds is 6. The fourth-order valence-corrected chi connectivity index (χ4v) is 5.27. The molecule has 9 heteroatoms. The average Bonchev–Trinajstić information content (AvgIpc) is 2.80. The summed E-state index contributed by atoms with van der Waals surface area (Å²) in [4.78, 5) is 30.9. The van der Waals surface area contributed by atoms with E-state index in [1.54, 1.807) is 55.4 Å². The summed E-state index contributed by atoms with van der Waals surface area (Å²) >= 11 is 12.4. The van der Waals surface area contributed by atoms with Crippen LogP contribution in [0.1, 0.15) is 35.7 Å². The molecule has 2 fully saturated rings. The maximum absolute atomic E-state index is 13.1. The van der Waals surface area contributed by atoms with Crippen molar-refractivity contribution in [2.24, 2.45) is 0 Å². The first-order valence-electron chi connectivity index (χ1n) is 11.9. The average molecular weight is 519 g/mol. The molecule has 0 bridgehead atoms. The molecule has 35 heavy (non-hydrogen) atoms. The minimum absolute atomic E-state index is 0.115. The minimum atomic E-state index is -1.60. The van der Waals surface area contributed by atoms with Crippen molar-refractivity contribution >= 4 is 40.7 Å². The number of anilines is 1. The molecule has 4 rings (SSSR count). The Balaban J connectivity index is 1.26. The number of carbonyl (C=O) groups is 2. The van der Waals surface area contributed by atoms with Crippen molar-refractivity contribution in [3.63, 3.8) is 0 Å². The maximum Gasteiger partial charge on any atom is 0.258 e. The summed E-state index contributed by atoms with van der Waals surface area (Å²) in [5.41, 5.74) is 0.303. The summed E-state index contributed by atoms with van der Waals surface area (Å²) in [6.07, 6.45) is 1.74. The van der Waals surface area contributed by atoms with Crippen LogP contribution in [0.4, 0.5) is 5.69 Å². The number of nitrogens with zero attached hydrogens (tertiary/aromatic N) is 3. The summed E-state index contributed by atoms with van der Waals surface area (Å²) in [7, 11) is 3.41. The highest BCUT2D eigenvalue weighted by molar-refractivity contribution is 6.34. The predicted molar refractivity (Wildman–Crippen MR) is 139 cm³/mol. The van der Waals surface area contributed by atoms with E-state index in [0.717, 1.165) is 31.6 Å². The van der Waals surface area contributed by atoms with Crippen LogP contribution in [0.3, 0.4) is 0 Å². The number of likely N-dealkylation sites (tertiary alicyclic amines) is 2. The normalized spacial score (nSPS) is 19.1. The first-order valence-corrected chi connectivity index (χ1v) is 12.6. The van der Waals surface area contributed by atoms with Gasteiger partial charge in [0.2, 0.25) is 0 Å². The monoisotopic (exact) mass is 518 g/mol. The zero-order valence-corrected chi connectivity index (χ0v) is 21.8. The lowest BCUT2D eigenvalue weighted by Crippen LogP contribution is -2.61. The van der Waals surface area contributed by atoms with E-state index in [-0.39, 0.29) is 11.8 Å². The first kappa shape index (κ1) is 25.8. The molecule has 0 saturated carbocycles. The van der Waals surface area contributed by atoms with E-state index in [4.69, 9.17) is 23.2 Å². The molecule has 188 valence electrons. The second-order valence-electron chi connectivity index (χ2n) is 9.80. The molecule has 0 spiro atoms. The lowest BCUT2D eigenvalue weighted by molar-refractivity contribution is -0.152. The first-order chi connectivity index (χ1) is 16.6. The summed E-state index contributed by atoms with van der Waals surface area (Å²) in [6, 6.07) is 13.0. The Hall–Kier alpha value is -2.32. The lowest BCUT2D eigenvalue weighted by Gasteiger charge is -2.48. The molecule has 0 radical (unpaired) electrons. The van der Waals surface area contributed by atoms with E-state index >= 15 is 0 Å². The fraction of sp³-hybridized carbons (Fsp3) is 0.462. The molecule has 2 saturated heterocycles. The van der Waals surface area contributed by atoms with Gasteiger partial charge in [-0.1, -0.05) is 35.3 Å². The van der Waals surface area contributed by atoms with Crippen LogP contribution in [0.2, 0.25) is 10.0 Å². The Morgan fingerprint density at radius 1 is 1.09 bits per heavy atom. The van der Waals surface area contributed by atoms with Crippen molar-refractivity contribution in [3.05, 3.63) is 63.6 Å². The van der Waals surface area contributed by atoms with Gasteiger partial charge in [0.05, 0.1) is 16.6 Å². The van der Waals surface area contributed by atoms with Crippen LogP contribution in [0.25, 0.3) is 0 Å². The third-order valence-corrected chi connectivity index (χ3v) is 7.51. The van der Waals surface area contributed by atoms with E-state index in [1.165, 1.54) is 11.8 Å². The van der Waals surface area contributed by atoms with Gasteiger partial charge in [-0.05, 0) is 55.7 Å². The Morgan fingerprint density at radius 2 is 1.77 bits per heavy atom. The summed E-state index contributed by atoms with van der Waals surface area (Å²) in [5.74, 6) is -0.398. The third-order valence-electron chi connectivity index (χ3n) is 6.96. The number of benzene rings is 2. The number of hydrogen-bond donors (Lipinski definition) is 2. The highest BCUT2D eigenvalue weighted by atomic mass is 35.5. The fourth-order valence-electron chi connectivity index (χ4n) is 4.81. The van der Waals surface area contributed by atoms with Crippen molar-refractivity contribution in [1.29, 1.82) is 0 Å². The highest BCUT2D eigenvalue weighted by Crippen LogP contribution is 2.30. The maximum atomic E-state index is 13.1. The Labute approximate surface area is 216 Å². The Bertz CT molecular complexity index is 1090. The van der Waals surface area contributed by atoms with E-state index in [1.807, 2.05) is 6.07 Å². The van der Waals surface area contributed by atoms with E-state index in [2.05, 4.69) is 10.2 Å². The van der Waals surface area contributed by atoms with Crippen LogP contribution in [-0.2, 0) is 10.4 Å². The van der Waals surface area contributed by atoms with Gasteiger partial charge >= 0.3 is 0 Å². The van der Waals surface area contributed by atoms with Crippen molar-refractivity contribution < 1.29 is 14.7 Å². The number of carbonyl (C=O) groups excluding carboxylic acids is 2. The van der Waals surface area contributed by atoms with Crippen LogP contribution >= 0.6 is 23.2 Å². The molecule has 1 atom stereocenters. The van der Waals surface area contributed by atoms with Crippen molar-refractivity contribution in [1.82, 2.24) is 14.7 Å². The number of halogens is 2. The summed E-state index contributed by atoms with van der Waals surface area (Å²) < 4.78 is 0. The zero-order chi connectivity index (χ0) is 25.3. The van der Waals surface area contributed by atoms with Gasteiger partial charge in [0.25, 0.3) is 11.8 Å².